The lowest BCUT2D eigenvalue weighted by atomic mass is 10.2. The van der Waals surface area contributed by atoms with Crippen LogP contribution in [-0.4, -0.2) is 19.3 Å². The van der Waals surface area contributed by atoms with Gasteiger partial charge in [0.2, 0.25) is 0 Å². The summed E-state index contributed by atoms with van der Waals surface area (Å²) in [5.41, 5.74) is 0.561. The number of hydrogen-bond acceptors (Lipinski definition) is 1. The summed E-state index contributed by atoms with van der Waals surface area (Å²) >= 11 is 0. The molecule has 0 radical (unpaired) electrons. The molecule has 0 fully saturated rings. The molecule has 0 amide bonds. The van der Waals surface area contributed by atoms with E-state index in [9.17, 15) is 13.2 Å². The molecule has 4 heteroatoms. The van der Waals surface area contributed by atoms with Gasteiger partial charge in [0.25, 0.3) is 6.43 Å². The lowest BCUT2D eigenvalue weighted by molar-refractivity contribution is 0.227. The van der Waals surface area contributed by atoms with Gasteiger partial charge in [-0.25, -0.2) is 8.78 Å². The Kier molecular flexibility index (Phi) is 35.6. The number of rotatable bonds is 3. The van der Waals surface area contributed by atoms with Gasteiger partial charge in [-0.3, -0.25) is 9.38 Å². The molecule has 0 aromatic carbocycles. The lowest BCUT2D eigenvalue weighted by Crippen LogP contribution is -2.06. The largest absolute Gasteiger partial charge is 0.280 e. The molecule has 0 spiro atoms. The number of allylic oxidation sites excluding steroid dienone is 2. The van der Waals surface area contributed by atoms with Gasteiger partial charge < -0.3 is 0 Å². The summed E-state index contributed by atoms with van der Waals surface area (Å²) in [6.07, 6.45) is 1.18. The smallest absolute Gasteiger partial charge is 0.256 e. The highest BCUT2D eigenvalue weighted by Crippen LogP contribution is 2.02. The second kappa shape index (κ2) is 25.0. The third kappa shape index (κ3) is 29.4. The number of halogens is 3. The predicted molar refractivity (Wildman–Crippen MR) is 77.4 cm³/mol. The molecule has 0 saturated heterocycles. The SMILES string of the molecule is C=CN=C(C=C(C)C)C(F)F.CC.CCC.CF. The maximum Gasteiger partial charge on any atom is 0.280 e. The maximum absolute atomic E-state index is 12.0. The molecule has 110 valence electrons. The second-order valence-corrected chi connectivity index (χ2v) is 2.97. The molecule has 0 heterocycles. The maximum atomic E-state index is 12.0. The molecule has 0 atom stereocenters. The van der Waals surface area contributed by atoms with Gasteiger partial charge in [0.15, 0.2) is 0 Å². The summed E-state index contributed by atoms with van der Waals surface area (Å²) in [5, 5.41) is 0. The van der Waals surface area contributed by atoms with Crippen LogP contribution in [0.15, 0.2) is 29.4 Å². The Labute approximate surface area is 111 Å². The van der Waals surface area contributed by atoms with Crippen LogP contribution in [-0.2, 0) is 0 Å². The van der Waals surface area contributed by atoms with Crippen molar-refractivity contribution in [2.45, 2.75) is 54.4 Å². The highest BCUT2D eigenvalue weighted by atomic mass is 19.3. The minimum absolute atomic E-state index is 0.236. The number of aliphatic imine (C=N–C) groups is 1. The molecule has 0 saturated carbocycles. The van der Waals surface area contributed by atoms with Crippen molar-refractivity contribution in [3.05, 3.63) is 24.4 Å². The van der Waals surface area contributed by atoms with Crippen LogP contribution in [0.4, 0.5) is 13.2 Å². The molecule has 18 heavy (non-hydrogen) atoms. The monoisotopic (exact) mass is 267 g/mol. The third-order valence-corrected chi connectivity index (χ3v) is 0.900. The molecule has 0 unspecified atom stereocenters. The predicted octanol–water partition coefficient (Wildman–Crippen LogP) is 5.83. The van der Waals surface area contributed by atoms with Crippen LogP contribution in [0.1, 0.15) is 48.0 Å². The molecular formula is C14H28F3N. The molecule has 0 N–H and O–H groups in total. The topological polar surface area (TPSA) is 12.4 Å². The molecular weight excluding hydrogens is 239 g/mol. The van der Waals surface area contributed by atoms with E-state index in [0.29, 0.717) is 7.18 Å². The van der Waals surface area contributed by atoms with E-state index in [0.717, 1.165) is 11.8 Å². The quantitative estimate of drug-likeness (QED) is 0.570. The average molecular weight is 267 g/mol. The van der Waals surface area contributed by atoms with Gasteiger partial charge in [-0.15, -0.1) is 0 Å². The van der Waals surface area contributed by atoms with Gasteiger partial charge in [0.1, 0.15) is 5.71 Å². The van der Waals surface area contributed by atoms with Gasteiger partial charge in [0.05, 0.1) is 7.18 Å². The molecule has 0 aromatic heterocycles. The fourth-order valence-electron chi connectivity index (χ4n) is 0.558. The first kappa shape index (κ1) is 25.7. The zero-order valence-electron chi connectivity index (χ0n) is 12.7. The van der Waals surface area contributed by atoms with E-state index in [-0.39, 0.29) is 5.71 Å². The Morgan fingerprint density at radius 3 is 1.67 bits per heavy atom. The fourth-order valence-corrected chi connectivity index (χ4v) is 0.558. The van der Waals surface area contributed by atoms with E-state index in [4.69, 9.17) is 0 Å². The molecule has 0 aromatic rings. The Bertz CT molecular complexity index is 205. The van der Waals surface area contributed by atoms with Crippen LogP contribution < -0.4 is 0 Å². The first-order valence-corrected chi connectivity index (χ1v) is 5.98. The summed E-state index contributed by atoms with van der Waals surface area (Å²) in [7, 11) is 0.500. The van der Waals surface area contributed by atoms with E-state index >= 15 is 0 Å². The van der Waals surface area contributed by atoms with E-state index in [1.807, 2.05) is 13.8 Å². The standard InChI is InChI=1S/C8H11F2N.C3H8.C2H6.CH3F/c1-4-11-7(8(9)10)5-6(2)3;1-3-2;2*1-2/h4-5,8H,1H2,2-3H3;3H2,1-2H3;1-2H3;1H3. The molecule has 0 aliphatic rings. The van der Waals surface area contributed by atoms with Crippen molar-refractivity contribution in [1.82, 2.24) is 0 Å². The van der Waals surface area contributed by atoms with Gasteiger partial charge in [-0.05, 0) is 19.9 Å². The highest BCUT2D eigenvalue weighted by molar-refractivity contribution is 5.98. The van der Waals surface area contributed by atoms with Gasteiger partial charge in [0, 0.05) is 6.20 Å². The zero-order valence-corrected chi connectivity index (χ0v) is 12.7. The summed E-state index contributed by atoms with van der Waals surface area (Å²) in [4.78, 5) is 3.42. The van der Waals surface area contributed by atoms with E-state index < -0.39 is 6.43 Å². The summed E-state index contributed by atoms with van der Waals surface area (Å²) in [6.45, 7) is 15.0. The first-order valence-electron chi connectivity index (χ1n) is 5.98. The molecule has 0 aliphatic heterocycles. The molecule has 0 rings (SSSR count). The van der Waals surface area contributed by atoms with Crippen molar-refractivity contribution in [3.8, 4) is 0 Å². The highest BCUT2D eigenvalue weighted by Gasteiger charge is 2.08. The Hall–Kier alpha value is -1.06. The Morgan fingerprint density at radius 2 is 1.50 bits per heavy atom. The summed E-state index contributed by atoms with van der Waals surface area (Å²) in [5.74, 6) is 0. The molecule has 0 bridgehead atoms. The minimum atomic E-state index is -2.53. The van der Waals surface area contributed by atoms with Crippen LogP contribution in [0, 0.1) is 0 Å². The van der Waals surface area contributed by atoms with Crippen molar-refractivity contribution >= 4 is 5.71 Å². The van der Waals surface area contributed by atoms with Crippen molar-refractivity contribution in [2.75, 3.05) is 7.18 Å². The van der Waals surface area contributed by atoms with Gasteiger partial charge in [-0.2, -0.15) is 0 Å². The number of alkyl halides is 3. The van der Waals surface area contributed by atoms with E-state index in [1.54, 1.807) is 13.8 Å². The Balaban J connectivity index is -0.000000118. The van der Waals surface area contributed by atoms with Crippen LogP contribution in [0.25, 0.3) is 0 Å². The lowest BCUT2D eigenvalue weighted by Gasteiger charge is -1.97. The fraction of sp³-hybridized carbons (Fsp3) is 0.643. The summed E-state index contributed by atoms with van der Waals surface area (Å²) in [6, 6.07) is 0. The molecule has 0 aliphatic carbocycles. The third-order valence-electron chi connectivity index (χ3n) is 0.900. The number of hydrogen-bond donors (Lipinski definition) is 0. The van der Waals surface area contributed by atoms with Crippen LogP contribution in [0.3, 0.4) is 0 Å². The van der Waals surface area contributed by atoms with Gasteiger partial charge in [-0.1, -0.05) is 46.3 Å². The average Bonchev–Trinajstić information content (AvgIpc) is 2.34. The summed E-state index contributed by atoms with van der Waals surface area (Å²) < 4.78 is 33.5. The zero-order chi connectivity index (χ0) is 15.6. The molecule has 1 nitrogen and oxygen atoms in total. The van der Waals surface area contributed by atoms with E-state index in [1.165, 1.54) is 12.5 Å². The van der Waals surface area contributed by atoms with Gasteiger partial charge >= 0.3 is 0 Å². The number of nitrogens with zero attached hydrogens (tertiary/aromatic N) is 1. The van der Waals surface area contributed by atoms with E-state index in [2.05, 4.69) is 25.4 Å². The van der Waals surface area contributed by atoms with Crippen molar-refractivity contribution < 1.29 is 13.2 Å². The van der Waals surface area contributed by atoms with Crippen LogP contribution >= 0.6 is 0 Å². The van der Waals surface area contributed by atoms with Crippen molar-refractivity contribution in [1.29, 1.82) is 0 Å². The minimum Gasteiger partial charge on any atom is -0.256 e. The van der Waals surface area contributed by atoms with Crippen LogP contribution in [0.2, 0.25) is 0 Å². The second-order valence-electron chi connectivity index (χ2n) is 2.97. The van der Waals surface area contributed by atoms with Crippen molar-refractivity contribution in [3.63, 3.8) is 0 Å². The van der Waals surface area contributed by atoms with Crippen LogP contribution in [0.5, 0.6) is 0 Å². The normalized spacial score (nSPS) is 8.72. The van der Waals surface area contributed by atoms with Crippen molar-refractivity contribution in [2.24, 2.45) is 4.99 Å². The first-order chi connectivity index (χ1) is 8.49. The Morgan fingerprint density at radius 1 is 1.17 bits per heavy atom.